The molecule has 0 saturated carbocycles. The van der Waals surface area contributed by atoms with Crippen LogP contribution in [-0.4, -0.2) is 5.96 Å². The fourth-order valence-electron chi connectivity index (χ4n) is 0.714. The quantitative estimate of drug-likeness (QED) is 0.615. The summed E-state index contributed by atoms with van der Waals surface area (Å²) in [5.74, 6) is -0.280. The van der Waals surface area contributed by atoms with Gasteiger partial charge in [-0.05, 0) is 22.0 Å². The largest absolute Gasteiger partial charge is 0.425 e. The maximum Gasteiger partial charge on any atom is 0.425 e. The average Bonchev–Trinajstić information content (AvgIpc) is 2.30. The zero-order valence-electron chi connectivity index (χ0n) is 6.60. The molecule has 0 saturated heterocycles. The number of halogens is 4. The van der Waals surface area contributed by atoms with E-state index in [1.165, 1.54) is 0 Å². The zero-order chi connectivity index (χ0) is 10.9. The standard InChI is InChI=1S/C6H5BrF3N3S/c7-4-2(13-5(11)12)1-3(14-4)6(8,9)10/h1H,(H4,11,12,13). The smallest absolute Gasteiger partial charge is 0.370 e. The summed E-state index contributed by atoms with van der Waals surface area (Å²) in [6, 6.07) is 0.883. The summed E-state index contributed by atoms with van der Waals surface area (Å²) < 4.78 is 36.8. The fraction of sp³-hybridized carbons (Fsp3) is 0.167. The molecule has 3 nitrogen and oxygen atoms in total. The predicted octanol–water partition coefficient (Wildman–Crippen LogP) is 2.43. The van der Waals surface area contributed by atoms with Crippen molar-refractivity contribution in [3.63, 3.8) is 0 Å². The van der Waals surface area contributed by atoms with Gasteiger partial charge in [0.25, 0.3) is 0 Å². The van der Waals surface area contributed by atoms with Gasteiger partial charge in [0.05, 0.1) is 9.47 Å². The number of alkyl halides is 3. The van der Waals surface area contributed by atoms with E-state index in [9.17, 15) is 13.2 Å². The number of rotatable bonds is 1. The van der Waals surface area contributed by atoms with Crippen molar-refractivity contribution >= 4 is 38.9 Å². The molecule has 0 radical (unpaired) electrons. The van der Waals surface area contributed by atoms with Crippen molar-refractivity contribution in [2.75, 3.05) is 0 Å². The summed E-state index contributed by atoms with van der Waals surface area (Å²) >= 11 is 3.48. The van der Waals surface area contributed by atoms with Gasteiger partial charge in [0.15, 0.2) is 5.96 Å². The number of aliphatic imine (C=N–C) groups is 1. The molecule has 0 bridgehead atoms. The number of guanidine groups is 1. The summed E-state index contributed by atoms with van der Waals surface area (Å²) in [6.07, 6.45) is -4.37. The first-order valence-corrected chi connectivity index (χ1v) is 4.88. The molecule has 0 unspecified atom stereocenters. The van der Waals surface area contributed by atoms with Gasteiger partial charge in [-0.1, -0.05) is 0 Å². The maximum atomic E-state index is 12.2. The first kappa shape index (κ1) is 11.3. The maximum absolute atomic E-state index is 12.2. The van der Waals surface area contributed by atoms with Crippen molar-refractivity contribution in [2.24, 2.45) is 16.5 Å². The molecule has 1 aromatic heterocycles. The van der Waals surface area contributed by atoms with E-state index in [0.717, 1.165) is 6.07 Å². The third kappa shape index (κ3) is 2.61. The Balaban J connectivity index is 3.12. The van der Waals surface area contributed by atoms with E-state index in [4.69, 9.17) is 11.5 Å². The fourth-order valence-corrected chi connectivity index (χ4v) is 2.13. The van der Waals surface area contributed by atoms with E-state index in [0.29, 0.717) is 11.3 Å². The molecule has 0 amide bonds. The lowest BCUT2D eigenvalue weighted by atomic mass is 10.4. The first-order valence-electron chi connectivity index (χ1n) is 3.27. The Kier molecular flexibility index (Phi) is 3.05. The Morgan fingerprint density at radius 3 is 2.36 bits per heavy atom. The van der Waals surface area contributed by atoms with Crippen LogP contribution in [0.5, 0.6) is 0 Å². The summed E-state index contributed by atoms with van der Waals surface area (Å²) in [6.45, 7) is 0. The summed E-state index contributed by atoms with van der Waals surface area (Å²) in [7, 11) is 0. The zero-order valence-corrected chi connectivity index (χ0v) is 9.00. The molecule has 0 fully saturated rings. The molecule has 1 rings (SSSR count). The third-order valence-corrected chi connectivity index (χ3v) is 3.05. The van der Waals surface area contributed by atoms with Crippen LogP contribution in [0.4, 0.5) is 18.9 Å². The Morgan fingerprint density at radius 1 is 1.43 bits per heavy atom. The topological polar surface area (TPSA) is 64.4 Å². The van der Waals surface area contributed by atoms with E-state index >= 15 is 0 Å². The third-order valence-electron chi connectivity index (χ3n) is 1.20. The minimum atomic E-state index is -4.37. The Labute approximate surface area is 89.7 Å². The molecule has 8 heteroatoms. The molecule has 0 aliphatic carbocycles. The molecule has 0 aromatic carbocycles. The van der Waals surface area contributed by atoms with Gasteiger partial charge in [-0.2, -0.15) is 13.2 Å². The lowest BCUT2D eigenvalue weighted by molar-refractivity contribution is -0.134. The first-order chi connectivity index (χ1) is 6.30. The van der Waals surface area contributed by atoms with Crippen LogP contribution < -0.4 is 11.5 Å². The van der Waals surface area contributed by atoms with Gasteiger partial charge in [-0.25, -0.2) is 4.99 Å². The van der Waals surface area contributed by atoms with Crippen LogP contribution >= 0.6 is 27.3 Å². The minimum Gasteiger partial charge on any atom is -0.370 e. The molecular formula is C6H5BrF3N3S. The lowest BCUT2D eigenvalue weighted by Gasteiger charge is -1.99. The van der Waals surface area contributed by atoms with Crippen molar-refractivity contribution in [1.82, 2.24) is 0 Å². The highest BCUT2D eigenvalue weighted by atomic mass is 79.9. The van der Waals surface area contributed by atoms with E-state index in [1.807, 2.05) is 0 Å². The van der Waals surface area contributed by atoms with E-state index in [-0.39, 0.29) is 15.4 Å². The molecule has 0 spiro atoms. The average molecular weight is 288 g/mol. The summed E-state index contributed by atoms with van der Waals surface area (Å²) in [5, 5.41) is 0. The van der Waals surface area contributed by atoms with Crippen LogP contribution in [0.1, 0.15) is 4.88 Å². The van der Waals surface area contributed by atoms with Crippen molar-refractivity contribution in [3.05, 3.63) is 14.7 Å². The Bertz CT molecular complexity index is 367. The van der Waals surface area contributed by atoms with Crippen LogP contribution in [0, 0.1) is 0 Å². The molecular weight excluding hydrogens is 283 g/mol. The molecule has 14 heavy (non-hydrogen) atoms. The van der Waals surface area contributed by atoms with Gasteiger partial charge in [-0.15, -0.1) is 11.3 Å². The van der Waals surface area contributed by atoms with Crippen molar-refractivity contribution in [1.29, 1.82) is 0 Å². The van der Waals surface area contributed by atoms with Gasteiger partial charge in [0.1, 0.15) is 4.88 Å². The lowest BCUT2D eigenvalue weighted by Crippen LogP contribution is -2.21. The second-order valence-corrected chi connectivity index (χ2v) is 4.67. The van der Waals surface area contributed by atoms with E-state index in [2.05, 4.69) is 20.9 Å². The van der Waals surface area contributed by atoms with Gasteiger partial charge in [0.2, 0.25) is 0 Å². The van der Waals surface area contributed by atoms with Gasteiger partial charge in [0, 0.05) is 0 Å². The van der Waals surface area contributed by atoms with Crippen LogP contribution in [0.25, 0.3) is 0 Å². The van der Waals surface area contributed by atoms with Crippen molar-refractivity contribution in [3.8, 4) is 0 Å². The van der Waals surface area contributed by atoms with E-state index < -0.39 is 11.1 Å². The second-order valence-electron chi connectivity index (χ2n) is 2.30. The van der Waals surface area contributed by atoms with E-state index in [1.54, 1.807) is 0 Å². The van der Waals surface area contributed by atoms with Crippen LogP contribution in [0.2, 0.25) is 0 Å². The van der Waals surface area contributed by atoms with Gasteiger partial charge < -0.3 is 11.5 Å². The second kappa shape index (κ2) is 3.77. The number of nitrogens with zero attached hydrogens (tertiary/aromatic N) is 1. The SMILES string of the molecule is NC(N)=Nc1cc(C(F)(F)F)sc1Br. The highest BCUT2D eigenvalue weighted by Gasteiger charge is 2.33. The van der Waals surface area contributed by atoms with Gasteiger partial charge in [-0.3, -0.25) is 0 Å². The highest BCUT2D eigenvalue weighted by Crippen LogP contribution is 2.42. The van der Waals surface area contributed by atoms with Crippen LogP contribution in [0.3, 0.4) is 0 Å². The predicted molar refractivity (Wildman–Crippen MR) is 52.5 cm³/mol. The normalized spacial score (nSPS) is 11.4. The van der Waals surface area contributed by atoms with Crippen LogP contribution in [0.15, 0.2) is 14.8 Å². The number of hydrogen-bond acceptors (Lipinski definition) is 2. The monoisotopic (exact) mass is 287 g/mol. The Hall–Kier alpha value is -0.760. The molecule has 1 heterocycles. The molecule has 78 valence electrons. The van der Waals surface area contributed by atoms with Crippen molar-refractivity contribution < 1.29 is 13.2 Å². The summed E-state index contributed by atoms with van der Waals surface area (Å²) in [5.41, 5.74) is 10.2. The highest BCUT2D eigenvalue weighted by molar-refractivity contribution is 9.11. The molecule has 0 aliphatic rings. The molecule has 4 N–H and O–H groups in total. The molecule has 0 atom stereocenters. The van der Waals surface area contributed by atoms with Crippen molar-refractivity contribution in [2.45, 2.75) is 6.18 Å². The number of hydrogen-bond donors (Lipinski definition) is 2. The van der Waals surface area contributed by atoms with Gasteiger partial charge >= 0.3 is 6.18 Å². The van der Waals surface area contributed by atoms with Crippen LogP contribution in [-0.2, 0) is 6.18 Å². The number of nitrogens with two attached hydrogens (primary N) is 2. The minimum absolute atomic E-state index is 0.0855. The summed E-state index contributed by atoms with van der Waals surface area (Å²) in [4.78, 5) is 2.78. The molecule has 1 aromatic rings. The Morgan fingerprint density at radius 2 is 2.00 bits per heavy atom. The molecule has 0 aliphatic heterocycles. The number of thiophene rings is 1.